The fourth-order valence-corrected chi connectivity index (χ4v) is 3.39. The molecule has 20 heavy (non-hydrogen) atoms. The molecule has 2 unspecified atom stereocenters. The van der Waals surface area contributed by atoms with Gasteiger partial charge in [-0.3, -0.25) is 0 Å². The second-order valence-electron chi connectivity index (χ2n) is 5.59. The maximum atomic E-state index is 10.7. The van der Waals surface area contributed by atoms with Crippen molar-refractivity contribution in [2.75, 3.05) is 0 Å². The minimum absolute atomic E-state index is 0.249. The van der Waals surface area contributed by atoms with Crippen molar-refractivity contribution in [3.63, 3.8) is 0 Å². The van der Waals surface area contributed by atoms with Gasteiger partial charge < -0.3 is 5.11 Å². The van der Waals surface area contributed by atoms with Crippen LogP contribution in [-0.4, -0.2) is 5.11 Å². The van der Waals surface area contributed by atoms with Crippen LogP contribution in [-0.2, 0) is 12.8 Å². The van der Waals surface area contributed by atoms with E-state index < -0.39 is 0 Å². The van der Waals surface area contributed by atoms with E-state index in [0.29, 0.717) is 0 Å². The monoisotopic (exact) mass is 286 g/mol. The van der Waals surface area contributed by atoms with Gasteiger partial charge in [-0.15, -0.1) is 0 Å². The van der Waals surface area contributed by atoms with Crippen LogP contribution in [0.15, 0.2) is 48.5 Å². The Hall–Kier alpha value is -1.31. The summed E-state index contributed by atoms with van der Waals surface area (Å²) < 4.78 is 0. The van der Waals surface area contributed by atoms with E-state index in [2.05, 4.69) is 24.3 Å². The molecule has 0 saturated carbocycles. The standard InChI is InChI=1S/C18H19ClO/c19-17-11-4-2-7-14(17)12-15-9-5-8-13-6-1-3-10-16(13)18(15)20/h1-4,6-7,10-11,15,18,20H,5,8-9,12H2. The van der Waals surface area contributed by atoms with E-state index in [9.17, 15) is 5.11 Å². The van der Waals surface area contributed by atoms with Crippen LogP contribution in [0.2, 0.25) is 5.02 Å². The van der Waals surface area contributed by atoms with E-state index in [1.54, 1.807) is 0 Å². The molecule has 104 valence electrons. The van der Waals surface area contributed by atoms with Crippen molar-refractivity contribution in [2.45, 2.75) is 31.8 Å². The first-order valence-electron chi connectivity index (χ1n) is 7.25. The molecule has 0 saturated heterocycles. The molecule has 1 aliphatic carbocycles. The van der Waals surface area contributed by atoms with Crippen LogP contribution < -0.4 is 0 Å². The van der Waals surface area contributed by atoms with Crippen LogP contribution >= 0.6 is 11.6 Å². The smallest absolute Gasteiger partial charge is 0.0824 e. The van der Waals surface area contributed by atoms with Crippen molar-refractivity contribution in [3.8, 4) is 0 Å². The summed E-state index contributed by atoms with van der Waals surface area (Å²) in [6.45, 7) is 0. The Morgan fingerprint density at radius 2 is 1.80 bits per heavy atom. The molecule has 1 N–H and O–H groups in total. The van der Waals surface area contributed by atoms with Crippen LogP contribution in [0.5, 0.6) is 0 Å². The second kappa shape index (κ2) is 5.99. The van der Waals surface area contributed by atoms with Crippen LogP contribution in [0.25, 0.3) is 0 Å². The highest BCUT2D eigenvalue weighted by Crippen LogP contribution is 2.36. The van der Waals surface area contributed by atoms with Gasteiger partial charge in [-0.25, -0.2) is 0 Å². The summed E-state index contributed by atoms with van der Waals surface area (Å²) in [5.74, 6) is 0.249. The number of hydrogen-bond donors (Lipinski definition) is 1. The van der Waals surface area contributed by atoms with Gasteiger partial charge in [0, 0.05) is 5.02 Å². The molecule has 2 atom stereocenters. The quantitative estimate of drug-likeness (QED) is 0.802. The van der Waals surface area contributed by atoms with Crippen LogP contribution in [0.4, 0.5) is 0 Å². The Labute approximate surface area is 125 Å². The fourth-order valence-electron chi connectivity index (χ4n) is 3.18. The molecule has 1 aliphatic rings. The zero-order valence-electron chi connectivity index (χ0n) is 11.4. The molecule has 0 radical (unpaired) electrons. The topological polar surface area (TPSA) is 20.2 Å². The summed E-state index contributed by atoms with van der Waals surface area (Å²) in [5, 5.41) is 11.5. The molecular formula is C18H19ClO. The van der Waals surface area contributed by atoms with Gasteiger partial charge in [0.1, 0.15) is 0 Å². The highest BCUT2D eigenvalue weighted by atomic mass is 35.5. The Morgan fingerprint density at radius 1 is 1.05 bits per heavy atom. The van der Waals surface area contributed by atoms with Gasteiger partial charge in [0.05, 0.1) is 6.10 Å². The van der Waals surface area contributed by atoms with Gasteiger partial charge >= 0.3 is 0 Å². The Morgan fingerprint density at radius 3 is 2.65 bits per heavy atom. The van der Waals surface area contributed by atoms with Gasteiger partial charge in [0.2, 0.25) is 0 Å². The number of hydrogen-bond acceptors (Lipinski definition) is 1. The van der Waals surface area contributed by atoms with Gasteiger partial charge in [-0.2, -0.15) is 0 Å². The van der Waals surface area contributed by atoms with Crippen molar-refractivity contribution in [1.29, 1.82) is 0 Å². The fraction of sp³-hybridized carbons (Fsp3) is 0.333. The molecule has 0 aromatic heterocycles. The number of aryl methyl sites for hydroxylation is 1. The van der Waals surface area contributed by atoms with Crippen molar-refractivity contribution in [2.24, 2.45) is 5.92 Å². The number of fused-ring (bicyclic) bond motifs is 1. The maximum absolute atomic E-state index is 10.7. The van der Waals surface area contributed by atoms with E-state index in [1.165, 1.54) is 5.56 Å². The number of benzene rings is 2. The summed E-state index contributed by atoms with van der Waals surface area (Å²) >= 11 is 6.25. The molecule has 0 bridgehead atoms. The van der Waals surface area contributed by atoms with E-state index >= 15 is 0 Å². The average Bonchev–Trinajstić information content (AvgIpc) is 2.62. The SMILES string of the molecule is OC1c2ccccc2CCCC1Cc1ccccc1Cl. The lowest BCUT2D eigenvalue weighted by Crippen LogP contribution is -2.14. The molecule has 0 heterocycles. The third-order valence-corrected chi connectivity index (χ3v) is 4.65. The van der Waals surface area contributed by atoms with Gasteiger partial charge in [-0.05, 0) is 54.4 Å². The first-order chi connectivity index (χ1) is 9.75. The van der Waals surface area contributed by atoms with Gasteiger partial charge in [0.25, 0.3) is 0 Å². The lowest BCUT2D eigenvalue weighted by atomic mass is 9.88. The first-order valence-corrected chi connectivity index (χ1v) is 7.63. The Kier molecular flexibility index (Phi) is 4.09. The summed E-state index contributed by atoms with van der Waals surface area (Å²) in [6.07, 6.45) is 3.69. The summed E-state index contributed by atoms with van der Waals surface area (Å²) in [4.78, 5) is 0. The molecule has 0 spiro atoms. The van der Waals surface area contributed by atoms with Crippen LogP contribution in [0.3, 0.4) is 0 Å². The third kappa shape index (κ3) is 2.74. The summed E-state index contributed by atoms with van der Waals surface area (Å²) in [6, 6.07) is 16.2. The van der Waals surface area contributed by atoms with E-state index in [-0.39, 0.29) is 12.0 Å². The van der Waals surface area contributed by atoms with Crippen molar-refractivity contribution >= 4 is 11.6 Å². The highest BCUT2D eigenvalue weighted by molar-refractivity contribution is 6.31. The van der Waals surface area contributed by atoms with Crippen molar-refractivity contribution < 1.29 is 5.11 Å². The number of aliphatic hydroxyl groups excluding tert-OH is 1. The molecule has 0 amide bonds. The van der Waals surface area contributed by atoms with Gasteiger partial charge in [0.15, 0.2) is 0 Å². The van der Waals surface area contributed by atoms with E-state index in [0.717, 1.165) is 41.8 Å². The minimum Gasteiger partial charge on any atom is -0.388 e. The molecule has 1 nitrogen and oxygen atoms in total. The molecule has 2 aromatic rings. The molecule has 2 heteroatoms. The number of halogens is 1. The van der Waals surface area contributed by atoms with Crippen LogP contribution in [0.1, 0.15) is 35.6 Å². The number of rotatable bonds is 2. The predicted molar refractivity (Wildman–Crippen MR) is 83.0 cm³/mol. The molecular weight excluding hydrogens is 268 g/mol. The van der Waals surface area contributed by atoms with Crippen molar-refractivity contribution in [3.05, 3.63) is 70.2 Å². The zero-order valence-corrected chi connectivity index (χ0v) is 12.2. The lowest BCUT2D eigenvalue weighted by Gasteiger charge is -2.22. The molecule has 3 rings (SSSR count). The lowest BCUT2D eigenvalue weighted by molar-refractivity contribution is 0.105. The third-order valence-electron chi connectivity index (χ3n) is 4.28. The largest absolute Gasteiger partial charge is 0.388 e. The zero-order chi connectivity index (χ0) is 13.9. The Bertz CT molecular complexity index is 593. The minimum atomic E-state index is -0.384. The van der Waals surface area contributed by atoms with E-state index in [4.69, 9.17) is 11.6 Å². The number of aliphatic hydroxyl groups is 1. The molecule has 0 aliphatic heterocycles. The Balaban J connectivity index is 1.86. The van der Waals surface area contributed by atoms with E-state index in [1.807, 2.05) is 24.3 Å². The second-order valence-corrected chi connectivity index (χ2v) is 6.00. The first kappa shape index (κ1) is 13.7. The normalized spacial score (nSPS) is 22.1. The average molecular weight is 287 g/mol. The summed E-state index contributed by atoms with van der Waals surface area (Å²) in [5.41, 5.74) is 3.53. The molecule has 2 aromatic carbocycles. The predicted octanol–water partition coefficient (Wildman–Crippen LogP) is 4.57. The van der Waals surface area contributed by atoms with Crippen molar-refractivity contribution in [1.82, 2.24) is 0 Å². The highest BCUT2D eigenvalue weighted by Gasteiger charge is 2.26. The van der Waals surface area contributed by atoms with Gasteiger partial charge in [-0.1, -0.05) is 54.1 Å². The summed E-state index contributed by atoms with van der Waals surface area (Å²) in [7, 11) is 0. The maximum Gasteiger partial charge on any atom is 0.0824 e. The van der Waals surface area contributed by atoms with Crippen LogP contribution in [0, 0.1) is 5.92 Å². The molecule has 0 fully saturated rings.